The van der Waals surface area contributed by atoms with E-state index >= 15 is 0 Å². The van der Waals surface area contributed by atoms with Gasteiger partial charge in [0.2, 0.25) is 0 Å². The maximum Gasteiger partial charge on any atom is -0.00199 e. The molecular formula is C52H34. The van der Waals surface area contributed by atoms with Crippen LogP contribution in [0.3, 0.4) is 0 Å². The summed E-state index contributed by atoms with van der Waals surface area (Å²) in [6.07, 6.45) is 0. The average Bonchev–Trinajstić information content (AvgIpc) is 3.22. The Morgan fingerprint density at radius 1 is 0.192 bits per heavy atom. The molecule has 0 amide bonds. The van der Waals surface area contributed by atoms with Gasteiger partial charge in [-0.15, -0.1) is 0 Å². The standard InChI is InChI=1S/C52H34/c1-3-14-35(15-4-1)42-31-43(36-16-5-2-6-17-36)33-44(32-42)51-47-23-11-12-24-48(47)52(46-25-13-21-38-19-9-10-22-45(38)46)50-34-41(28-29-49(50)51)40-27-26-37-18-7-8-20-39(37)30-40/h1-34H. The van der Waals surface area contributed by atoms with Crippen LogP contribution in [-0.2, 0) is 0 Å². The van der Waals surface area contributed by atoms with Crippen molar-refractivity contribution in [2.75, 3.05) is 0 Å². The monoisotopic (exact) mass is 658 g/mol. The molecule has 0 N–H and O–H groups in total. The van der Waals surface area contributed by atoms with Gasteiger partial charge in [0, 0.05) is 0 Å². The zero-order chi connectivity index (χ0) is 34.4. The molecule has 0 heterocycles. The van der Waals surface area contributed by atoms with Crippen LogP contribution in [0.5, 0.6) is 0 Å². The average molecular weight is 659 g/mol. The zero-order valence-electron chi connectivity index (χ0n) is 28.6. The predicted octanol–water partition coefficient (Wildman–Crippen LogP) is 14.6. The molecular weight excluding hydrogens is 625 g/mol. The highest BCUT2D eigenvalue weighted by molar-refractivity contribution is 6.24. The van der Waals surface area contributed by atoms with E-state index in [-0.39, 0.29) is 0 Å². The highest BCUT2D eigenvalue weighted by atomic mass is 14.2. The first-order chi connectivity index (χ1) is 25.8. The van der Waals surface area contributed by atoms with Crippen molar-refractivity contribution in [1.29, 1.82) is 0 Å². The lowest BCUT2D eigenvalue weighted by molar-refractivity contribution is 1.58. The molecule has 0 heteroatoms. The molecule has 0 radical (unpaired) electrons. The van der Waals surface area contributed by atoms with Crippen LogP contribution in [0.4, 0.5) is 0 Å². The van der Waals surface area contributed by atoms with Crippen molar-refractivity contribution in [1.82, 2.24) is 0 Å². The second-order valence-electron chi connectivity index (χ2n) is 13.7. The quantitative estimate of drug-likeness (QED) is 0.161. The minimum Gasteiger partial charge on any atom is -0.0622 e. The second kappa shape index (κ2) is 12.5. The zero-order valence-corrected chi connectivity index (χ0v) is 28.6. The van der Waals surface area contributed by atoms with Crippen molar-refractivity contribution in [3.63, 3.8) is 0 Å². The van der Waals surface area contributed by atoms with Crippen molar-refractivity contribution < 1.29 is 0 Å². The first-order valence-electron chi connectivity index (χ1n) is 18.0. The Hall–Kier alpha value is -6.76. The Bertz CT molecular complexity index is 2870. The molecule has 52 heavy (non-hydrogen) atoms. The normalized spacial score (nSPS) is 11.5. The van der Waals surface area contributed by atoms with Crippen molar-refractivity contribution in [3.8, 4) is 55.6 Å². The topological polar surface area (TPSA) is 0 Å². The molecule has 0 bridgehead atoms. The molecule has 0 saturated carbocycles. The summed E-state index contributed by atoms with van der Waals surface area (Å²) in [6.45, 7) is 0. The van der Waals surface area contributed by atoms with Gasteiger partial charge in [0.25, 0.3) is 0 Å². The molecule has 0 nitrogen and oxygen atoms in total. The number of rotatable bonds is 5. The highest BCUT2D eigenvalue weighted by Crippen LogP contribution is 2.47. The fourth-order valence-corrected chi connectivity index (χ4v) is 8.14. The van der Waals surface area contributed by atoms with E-state index in [1.54, 1.807) is 0 Å². The highest BCUT2D eigenvalue weighted by Gasteiger charge is 2.20. The Morgan fingerprint density at radius 3 is 1.40 bits per heavy atom. The van der Waals surface area contributed by atoms with Crippen LogP contribution in [0, 0.1) is 0 Å². The molecule has 0 aliphatic carbocycles. The van der Waals surface area contributed by atoms with Crippen LogP contribution in [-0.4, -0.2) is 0 Å². The molecule has 0 saturated heterocycles. The summed E-state index contributed by atoms with van der Waals surface area (Å²) >= 11 is 0. The summed E-state index contributed by atoms with van der Waals surface area (Å²) < 4.78 is 0. The van der Waals surface area contributed by atoms with Crippen LogP contribution < -0.4 is 0 Å². The van der Waals surface area contributed by atoms with E-state index in [1.165, 1.54) is 98.7 Å². The van der Waals surface area contributed by atoms with Gasteiger partial charge < -0.3 is 0 Å². The molecule has 0 aliphatic rings. The Labute approximate surface area is 303 Å². The fourth-order valence-electron chi connectivity index (χ4n) is 8.14. The predicted molar refractivity (Wildman–Crippen MR) is 224 cm³/mol. The third-order valence-corrected chi connectivity index (χ3v) is 10.6. The van der Waals surface area contributed by atoms with Gasteiger partial charge in [0.1, 0.15) is 0 Å². The number of hydrogen-bond acceptors (Lipinski definition) is 0. The maximum atomic E-state index is 2.44. The summed E-state index contributed by atoms with van der Waals surface area (Å²) in [6, 6.07) is 75.7. The van der Waals surface area contributed by atoms with Crippen LogP contribution >= 0.6 is 0 Å². The molecule has 10 aromatic rings. The van der Waals surface area contributed by atoms with Crippen LogP contribution in [0.25, 0.3) is 98.7 Å². The lowest BCUT2D eigenvalue weighted by Crippen LogP contribution is -1.93. The minimum absolute atomic E-state index is 1.21. The third kappa shape index (κ3) is 5.16. The molecule has 0 atom stereocenters. The molecule has 0 aromatic heterocycles. The molecule has 0 unspecified atom stereocenters. The Balaban J connectivity index is 1.33. The molecule has 0 spiro atoms. The smallest absolute Gasteiger partial charge is 0.00199 e. The SMILES string of the molecule is c1ccc(-c2cc(-c3ccccc3)cc(-c3c4ccccc4c(-c4cccc5ccccc45)c4cc(-c5ccc6ccccc6c5)ccc34)c2)cc1. The first-order valence-corrected chi connectivity index (χ1v) is 18.0. The third-order valence-electron chi connectivity index (χ3n) is 10.6. The summed E-state index contributed by atoms with van der Waals surface area (Å²) in [7, 11) is 0. The largest absolute Gasteiger partial charge is 0.0622 e. The fraction of sp³-hybridized carbons (Fsp3) is 0. The van der Waals surface area contributed by atoms with Gasteiger partial charge in [-0.25, -0.2) is 0 Å². The second-order valence-corrected chi connectivity index (χ2v) is 13.7. The van der Waals surface area contributed by atoms with E-state index < -0.39 is 0 Å². The number of benzene rings is 10. The summed E-state index contributed by atoms with van der Waals surface area (Å²) in [5.41, 5.74) is 12.3. The molecule has 0 fully saturated rings. The van der Waals surface area contributed by atoms with E-state index in [2.05, 4.69) is 206 Å². The van der Waals surface area contributed by atoms with E-state index in [1.807, 2.05) is 0 Å². The van der Waals surface area contributed by atoms with Crippen molar-refractivity contribution in [3.05, 3.63) is 206 Å². The van der Waals surface area contributed by atoms with Gasteiger partial charge in [0.05, 0.1) is 0 Å². The van der Waals surface area contributed by atoms with Gasteiger partial charge in [-0.1, -0.05) is 176 Å². The summed E-state index contributed by atoms with van der Waals surface area (Å²) in [5, 5.41) is 10.0. The van der Waals surface area contributed by atoms with Gasteiger partial charge in [-0.3, -0.25) is 0 Å². The lowest BCUT2D eigenvalue weighted by Gasteiger charge is -2.21. The Morgan fingerprint density at radius 2 is 0.692 bits per heavy atom. The summed E-state index contributed by atoms with van der Waals surface area (Å²) in [4.78, 5) is 0. The van der Waals surface area contributed by atoms with Gasteiger partial charge in [-0.2, -0.15) is 0 Å². The molecule has 0 aliphatic heterocycles. The van der Waals surface area contributed by atoms with Gasteiger partial charge >= 0.3 is 0 Å². The number of hydrogen-bond donors (Lipinski definition) is 0. The van der Waals surface area contributed by atoms with E-state index in [0.29, 0.717) is 0 Å². The van der Waals surface area contributed by atoms with Crippen LogP contribution in [0.1, 0.15) is 0 Å². The molecule has 10 aromatic carbocycles. The van der Waals surface area contributed by atoms with Crippen molar-refractivity contribution >= 4 is 43.1 Å². The van der Waals surface area contributed by atoms with Crippen LogP contribution in [0.15, 0.2) is 206 Å². The molecule has 10 rings (SSSR count). The van der Waals surface area contributed by atoms with E-state index in [9.17, 15) is 0 Å². The van der Waals surface area contributed by atoms with E-state index in [0.717, 1.165) is 0 Å². The summed E-state index contributed by atoms with van der Waals surface area (Å²) in [5.74, 6) is 0. The van der Waals surface area contributed by atoms with Crippen molar-refractivity contribution in [2.45, 2.75) is 0 Å². The van der Waals surface area contributed by atoms with Gasteiger partial charge in [0.15, 0.2) is 0 Å². The van der Waals surface area contributed by atoms with Gasteiger partial charge in [-0.05, 0) is 129 Å². The minimum atomic E-state index is 1.21. The van der Waals surface area contributed by atoms with E-state index in [4.69, 9.17) is 0 Å². The first kappa shape index (κ1) is 30.1. The molecule has 242 valence electrons. The Kier molecular flexibility index (Phi) is 7.25. The van der Waals surface area contributed by atoms with Crippen molar-refractivity contribution in [2.24, 2.45) is 0 Å². The lowest BCUT2D eigenvalue weighted by atomic mass is 9.82. The van der Waals surface area contributed by atoms with Crippen LogP contribution in [0.2, 0.25) is 0 Å². The number of fused-ring (bicyclic) bond motifs is 4. The maximum absolute atomic E-state index is 2.44.